The van der Waals surface area contributed by atoms with E-state index in [1.807, 2.05) is 11.1 Å². The number of aromatic nitrogens is 3. The van der Waals surface area contributed by atoms with Gasteiger partial charge in [0, 0.05) is 6.07 Å². The fourth-order valence-corrected chi connectivity index (χ4v) is 3.97. The van der Waals surface area contributed by atoms with Crippen molar-refractivity contribution in [2.75, 3.05) is 0 Å². The first-order valence-electron chi connectivity index (χ1n) is 4.04. The summed E-state index contributed by atoms with van der Waals surface area (Å²) in [6.07, 6.45) is 0. The number of nitrogens with zero attached hydrogens (tertiary/aromatic N) is 3. The minimum absolute atomic E-state index is 0.304. The zero-order chi connectivity index (χ0) is 10.7. The fourth-order valence-electron chi connectivity index (χ4n) is 0.911. The van der Waals surface area contributed by atoms with Crippen molar-refractivity contribution in [3.05, 3.63) is 30.1 Å². The van der Waals surface area contributed by atoms with Crippen LogP contribution in [-0.4, -0.2) is 4.51 Å². The first-order chi connectivity index (χ1) is 7.24. The first kappa shape index (κ1) is 10.8. The predicted octanol–water partition coefficient (Wildman–Crippen LogP) is 1.92. The van der Waals surface area contributed by atoms with E-state index in [9.17, 15) is 4.39 Å². The Bertz CT molecular complexity index is 441. The number of rotatable bonds is 2. The molecule has 8 heteroatoms. The summed E-state index contributed by atoms with van der Waals surface area (Å²) in [6.45, 7) is 0. The molecule has 0 amide bonds. The van der Waals surface area contributed by atoms with Crippen LogP contribution < -0.4 is 13.2 Å². The van der Waals surface area contributed by atoms with E-state index in [0.717, 1.165) is 25.5 Å². The van der Waals surface area contributed by atoms with Gasteiger partial charge in [0.2, 0.25) is 0 Å². The molecule has 2 rings (SSSR count). The van der Waals surface area contributed by atoms with Crippen LogP contribution in [0.4, 0.5) is 4.39 Å². The van der Waals surface area contributed by atoms with Crippen LogP contribution in [0.5, 0.6) is 5.75 Å². The van der Waals surface area contributed by atoms with Gasteiger partial charge in [-0.3, -0.25) is 4.84 Å². The molecule has 0 atom stereocenters. The fraction of sp³-hybridized carbons (Fsp3) is 0.143. The van der Waals surface area contributed by atoms with E-state index < -0.39 is 0 Å². The number of benzene rings is 1. The lowest BCUT2D eigenvalue weighted by atomic mass is 10.3. The van der Waals surface area contributed by atoms with E-state index in [4.69, 9.17) is 4.84 Å². The lowest BCUT2D eigenvalue weighted by Crippen LogP contribution is -2.37. The zero-order valence-electron chi connectivity index (χ0n) is 7.78. The Morgan fingerprint density at radius 1 is 1.40 bits per heavy atom. The van der Waals surface area contributed by atoms with Crippen molar-refractivity contribution >= 4 is 25.5 Å². The smallest absolute Gasteiger partial charge is 0.264 e. The standard InChI is InChI=1S/C7H7FN3OP3/c1-10-13-9-14-11(15-10)12-7-4-2-3-6(8)5-7/h2-5H,1H3/q+2. The summed E-state index contributed by atoms with van der Waals surface area (Å²) in [5.41, 5.74) is 0. The normalized spacial score (nSPS) is 11.6. The highest BCUT2D eigenvalue weighted by molar-refractivity contribution is 7.35. The zero-order valence-corrected chi connectivity index (χ0v) is 10.5. The van der Waals surface area contributed by atoms with Gasteiger partial charge >= 0.3 is 25.5 Å². The minimum Gasteiger partial charge on any atom is -0.264 e. The molecule has 1 aromatic heterocycles. The lowest BCUT2D eigenvalue weighted by molar-refractivity contribution is -0.781. The second-order valence-electron chi connectivity index (χ2n) is 2.65. The van der Waals surface area contributed by atoms with E-state index in [-0.39, 0.29) is 5.82 Å². The van der Waals surface area contributed by atoms with Crippen LogP contribution in [0.2, 0.25) is 0 Å². The van der Waals surface area contributed by atoms with Gasteiger partial charge in [-0.1, -0.05) is 6.07 Å². The molecule has 0 spiro atoms. The van der Waals surface area contributed by atoms with Gasteiger partial charge in [-0.05, 0) is 12.1 Å². The molecule has 1 heterocycles. The van der Waals surface area contributed by atoms with Crippen LogP contribution in [0.15, 0.2) is 24.3 Å². The molecular formula is C7H7FN3OP3+2. The van der Waals surface area contributed by atoms with Gasteiger partial charge in [0.15, 0.2) is 5.75 Å². The Labute approximate surface area is 91.0 Å². The van der Waals surface area contributed by atoms with Gasteiger partial charge < -0.3 is 0 Å². The van der Waals surface area contributed by atoms with Gasteiger partial charge in [0.1, 0.15) is 17.4 Å². The first-order valence-corrected chi connectivity index (χ1v) is 6.44. The molecule has 0 radical (unpaired) electrons. The van der Waals surface area contributed by atoms with Gasteiger partial charge in [-0.25, -0.2) is 4.39 Å². The van der Waals surface area contributed by atoms with Crippen LogP contribution in [0.1, 0.15) is 0 Å². The SMILES string of the molecule is C[n+]1pnp[n+](Oc2cccc(F)c2)p1. The summed E-state index contributed by atoms with van der Waals surface area (Å²) in [5, 5.41) is 0. The highest BCUT2D eigenvalue weighted by atomic mass is 31.1. The predicted molar refractivity (Wildman–Crippen MR) is 55.6 cm³/mol. The quantitative estimate of drug-likeness (QED) is 0.826. The summed E-state index contributed by atoms with van der Waals surface area (Å²) >= 11 is 0. The molecule has 2 aromatic rings. The Balaban J connectivity index is 2.22. The van der Waals surface area contributed by atoms with E-state index >= 15 is 0 Å². The molecule has 0 bridgehead atoms. The largest absolute Gasteiger partial charge is 0.542 e. The number of aryl methyl sites for hydroxylation is 1. The summed E-state index contributed by atoms with van der Waals surface area (Å²) in [4.78, 5) is 5.44. The monoisotopic (exact) mass is 261 g/mol. The number of hydrogen-bond acceptors (Lipinski definition) is 2. The second kappa shape index (κ2) is 4.85. The maximum Gasteiger partial charge on any atom is 0.542 e. The van der Waals surface area contributed by atoms with E-state index in [2.05, 4.69) is 4.51 Å². The molecule has 76 valence electrons. The molecule has 0 unspecified atom stereocenters. The van der Waals surface area contributed by atoms with Crippen molar-refractivity contribution in [3.8, 4) is 5.75 Å². The molecule has 0 aliphatic rings. The Morgan fingerprint density at radius 2 is 2.27 bits per heavy atom. The van der Waals surface area contributed by atoms with Crippen molar-refractivity contribution in [1.29, 1.82) is 0 Å². The van der Waals surface area contributed by atoms with Crippen LogP contribution in [0.3, 0.4) is 0 Å². The van der Waals surface area contributed by atoms with Crippen LogP contribution >= 0.6 is 25.5 Å². The molecule has 0 saturated carbocycles. The van der Waals surface area contributed by atoms with Crippen LogP contribution in [0.25, 0.3) is 0 Å². The highest BCUT2D eigenvalue weighted by Crippen LogP contribution is 2.12. The minimum atomic E-state index is -0.304. The van der Waals surface area contributed by atoms with Gasteiger partial charge in [0.25, 0.3) is 0 Å². The third kappa shape index (κ3) is 3.10. The molecule has 0 N–H and O–H groups in total. The third-order valence-electron chi connectivity index (χ3n) is 1.48. The second-order valence-corrected chi connectivity index (χ2v) is 6.46. The Hall–Kier alpha value is -0.750. The van der Waals surface area contributed by atoms with Crippen molar-refractivity contribution in [2.45, 2.75) is 0 Å². The van der Waals surface area contributed by atoms with Crippen LogP contribution in [-0.2, 0) is 7.05 Å². The molecule has 0 fully saturated rings. The summed E-state index contributed by atoms with van der Waals surface area (Å²) in [7, 11) is 4.46. The molecule has 0 saturated heterocycles. The lowest BCUT2D eigenvalue weighted by Gasteiger charge is -1.95. The average molecular weight is 261 g/mol. The van der Waals surface area contributed by atoms with E-state index in [0.29, 0.717) is 5.75 Å². The van der Waals surface area contributed by atoms with Gasteiger partial charge in [-0.15, -0.1) is 4.09 Å². The highest BCUT2D eigenvalue weighted by Gasteiger charge is 2.14. The molecular weight excluding hydrogens is 254 g/mol. The van der Waals surface area contributed by atoms with Crippen LogP contribution in [0, 0.1) is 5.82 Å². The number of hydrogen-bond donors (Lipinski definition) is 0. The van der Waals surface area contributed by atoms with E-state index in [1.165, 1.54) is 12.1 Å². The summed E-state index contributed by atoms with van der Waals surface area (Å²) < 4.78 is 20.5. The van der Waals surface area contributed by atoms with Gasteiger partial charge in [-0.2, -0.15) is 0 Å². The maximum atomic E-state index is 12.9. The molecule has 15 heavy (non-hydrogen) atoms. The topological polar surface area (TPSA) is 29.9 Å². The van der Waals surface area contributed by atoms with Crippen molar-refractivity contribution < 1.29 is 17.6 Å². The van der Waals surface area contributed by atoms with Crippen molar-refractivity contribution in [1.82, 2.24) is 4.51 Å². The molecule has 1 aromatic carbocycles. The molecule has 0 aliphatic heterocycles. The average Bonchev–Trinajstić information content (AvgIpc) is 2.17. The maximum absolute atomic E-state index is 12.9. The van der Waals surface area contributed by atoms with Crippen molar-refractivity contribution in [2.24, 2.45) is 7.05 Å². The van der Waals surface area contributed by atoms with E-state index in [1.54, 1.807) is 16.4 Å². The number of halogens is 1. The summed E-state index contributed by atoms with van der Waals surface area (Å²) in [5.74, 6) is 0.179. The third-order valence-corrected chi connectivity index (χ3v) is 4.06. The molecule has 4 nitrogen and oxygen atoms in total. The van der Waals surface area contributed by atoms with Gasteiger partial charge in [0.05, 0.1) is 4.26 Å². The Morgan fingerprint density at radius 3 is 3.00 bits per heavy atom. The summed E-state index contributed by atoms with van der Waals surface area (Å²) in [6, 6.07) is 6.05. The molecule has 0 aliphatic carbocycles. The van der Waals surface area contributed by atoms with Crippen molar-refractivity contribution in [3.63, 3.8) is 0 Å². The Kier molecular flexibility index (Phi) is 3.48.